The molecule has 0 aromatic heterocycles. The van der Waals surface area contributed by atoms with E-state index < -0.39 is 28.3 Å². The number of nitrogens with one attached hydrogen (secondary N) is 2. The van der Waals surface area contributed by atoms with Crippen LogP contribution in [-0.4, -0.2) is 52.9 Å². The molecule has 2 atom stereocenters. The number of amides is 1. The topological polar surface area (TPSA) is 120 Å². The lowest BCUT2D eigenvalue weighted by Gasteiger charge is -2.25. The highest BCUT2D eigenvalue weighted by molar-refractivity contribution is 7.89. The molecule has 0 spiro atoms. The molecule has 9 nitrogen and oxygen atoms in total. The zero-order chi connectivity index (χ0) is 25.3. The summed E-state index contributed by atoms with van der Waals surface area (Å²) < 4.78 is 44.1. The second-order valence-electron chi connectivity index (χ2n) is 8.02. The summed E-state index contributed by atoms with van der Waals surface area (Å²) in [6, 6.07) is 11.3. The van der Waals surface area contributed by atoms with Crippen molar-refractivity contribution in [1.82, 2.24) is 4.72 Å². The van der Waals surface area contributed by atoms with Crippen molar-refractivity contribution < 1.29 is 32.2 Å². The van der Waals surface area contributed by atoms with Crippen molar-refractivity contribution in [2.75, 3.05) is 25.6 Å². The van der Waals surface area contributed by atoms with E-state index in [4.69, 9.17) is 21.1 Å². The molecule has 0 bridgehead atoms. The van der Waals surface area contributed by atoms with Gasteiger partial charge in [0, 0.05) is 23.7 Å². The fraction of sp³-hybridized carbons (Fsp3) is 0.417. The standard InChI is InChI=1S/C24H29ClN2O7S/c1-32-22(28)14-7-17-5-10-19(11-6-17)26-24(29)21(16-34-23-4-2-3-15-33-23)27-35(30,31)20-12-8-18(25)9-13-20/h5-6,8-13,21,23,27H,2-4,7,14-16H2,1H3,(H,26,29). The Kier molecular flexibility index (Phi) is 10.1. The normalized spacial score (nSPS) is 16.9. The number of rotatable bonds is 11. The Bertz CT molecular complexity index is 1090. The lowest BCUT2D eigenvalue weighted by atomic mass is 10.1. The molecule has 1 heterocycles. The van der Waals surface area contributed by atoms with E-state index in [1.54, 1.807) is 24.3 Å². The van der Waals surface area contributed by atoms with Crippen LogP contribution in [0, 0.1) is 0 Å². The van der Waals surface area contributed by atoms with Gasteiger partial charge >= 0.3 is 5.97 Å². The van der Waals surface area contributed by atoms with Crippen LogP contribution < -0.4 is 10.0 Å². The fourth-order valence-electron chi connectivity index (χ4n) is 3.41. The molecule has 190 valence electrons. The van der Waals surface area contributed by atoms with E-state index in [-0.39, 0.29) is 23.9 Å². The number of benzene rings is 2. The fourth-order valence-corrected chi connectivity index (χ4v) is 4.72. The lowest BCUT2D eigenvalue weighted by Crippen LogP contribution is -2.47. The molecular formula is C24H29ClN2O7S. The third kappa shape index (κ3) is 8.59. The van der Waals surface area contributed by atoms with Crippen LogP contribution in [0.25, 0.3) is 0 Å². The summed E-state index contributed by atoms with van der Waals surface area (Å²) in [5.41, 5.74) is 1.37. The number of carbonyl (C=O) groups excluding carboxylic acids is 2. The Labute approximate surface area is 210 Å². The number of halogens is 1. The van der Waals surface area contributed by atoms with Crippen LogP contribution in [0.4, 0.5) is 5.69 Å². The van der Waals surface area contributed by atoms with Crippen LogP contribution in [0.1, 0.15) is 31.2 Å². The summed E-state index contributed by atoms with van der Waals surface area (Å²) in [6.45, 7) is 0.348. The van der Waals surface area contributed by atoms with E-state index in [2.05, 4.69) is 14.8 Å². The maximum atomic E-state index is 13.0. The molecule has 1 fully saturated rings. The van der Waals surface area contributed by atoms with Gasteiger partial charge in [-0.05, 0) is 67.6 Å². The van der Waals surface area contributed by atoms with Gasteiger partial charge in [0.25, 0.3) is 0 Å². The maximum absolute atomic E-state index is 13.0. The van der Waals surface area contributed by atoms with Crippen molar-refractivity contribution in [2.45, 2.75) is 49.3 Å². The SMILES string of the molecule is COC(=O)CCc1ccc(NC(=O)C(COC2CCCCO2)NS(=O)(=O)c2ccc(Cl)cc2)cc1. The molecule has 1 saturated heterocycles. The van der Waals surface area contributed by atoms with E-state index in [1.165, 1.54) is 31.4 Å². The first-order chi connectivity index (χ1) is 16.8. The third-order valence-electron chi connectivity index (χ3n) is 5.39. The van der Waals surface area contributed by atoms with Gasteiger partial charge in [-0.25, -0.2) is 8.42 Å². The van der Waals surface area contributed by atoms with Gasteiger partial charge in [0.15, 0.2) is 6.29 Å². The lowest BCUT2D eigenvalue weighted by molar-refractivity contribution is -0.166. The molecule has 3 rings (SSSR count). The number of carbonyl (C=O) groups is 2. The molecule has 1 amide bonds. The van der Waals surface area contributed by atoms with Crippen LogP contribution >= 0.6 is 11.6 Å². The summed E-state index contributed by atoms with van der Waals surface area (Å²) in [7, 11) is -2.69. The number of ether oxygens (including phenoxy) is 3. The Balaban J connectivity index is 1.68. The number of esters is 1. The van der Waals surface area contributed by atoms with E-state index in [0.717, 1.165) is 18.4 Å². The first kappa shape index (κ1) is 27.1. The zero-order valence-electron chi connectivity index (χ0n) is 19.4. The smallest absolute Gasteiger partial charge is 0.305 e. The predicted molar refractivity (Wildman–Crippen MR) is 131 cm³/mol. The molecule has 35 heavy (non-hydrogen) atoms. The molecule has 1 aliphatic heterocycles. The highest BCUT2D eigenvalue weighted by Gasteiger charge is 2.28. The number of methoxy groups -OCH3 is 1. The van der Waals surface area contributed by atoms with Gasteiger partial charge in [0.1, 0.15) is 6.04 Å². The summed E-state index contributed by atoms with van der Waals surface area (Å²) in [5.74, 6) is -0.888. The van der Waals surface area contributed by atoms with Crippen molar-refractivity contribution >= 4 is 39.2 Å². The number of hydrogen-bond acceptors (Lipinski definition) is 7. The quantitative estimate of drug-likeness (QED) is 0.433. The number of anilines is 1. The van der Waals surface area contributed by atoms with Crippen molar-refractivity contribution in [3.8, 4) is 0 Å². The maximum Gasteiger partial charge on any atom is 0.305 e. The first-order valence-corrected chi connectivity index (χ1v) is 13.1. The van der Waals surface area contributed by atoms with Crippen LogP contribution in [0.5, 0.6) is 0 Å². The van der Waals surface area contributed by atoms with Crippen molar-refractivity contribution in [1.29, 1.82) is 0 Å². The highest BCUT2D eigenvalue weighted by atomic mass is 35.5. The van der Waals surface area contributed by atoms with Gasteiger partial charge in [-0.2, -0.15) is 4.72 Å². The van der Waals surface area contributed by atoms with E-state index in [9.17, 15) is 18.0 Å². The second-order valence-corrected chi connectivity index (χ2v) is 10.2. The molecule has 2 aromatic carbocycles. The van der Waals surface area contributed by atoms with Gasteiger partial charge in [-0.3, -0.25) is 9.59 Å². The second kappa shape index (κ2) is 13.0. The van der Waals surface area contributed by atoms with Gasteiger partial charge in [0.05, 0.1) is 18.6 Å². The van der Waals surface area contributed by atoms with Crippen LogP contribution in [0.3, 0.4) is 0 Å². The zero-order valence-corrected chi connectivity index (χ0v) is 20.9. The number of sulfonamides is 1. The number of aryl methyl sites for hydroxylation is 1. The minimum Gasteiger partial charge on any atom is -0.469 e. The van der Waals surface area contributed by atoms with Crippen molar-refractivity contribution in [2.24, 2.45) is 0 Å². The van der Waals surface area contributed by atoms with Gasteiger partial charge in [0.2, 0.25) is 15.9 Å². The van der Waals surface area contributed by atoms with E-state index in [0.29, 0.717) is 30.2 Å². The van der Waals surface area contributed by atoms with Crippen LogP contribution in [-0.2, 0) is 40.2 Å². The summed E-state index contributed by atoms with van der Waals surface area (Å²) in [4.78, 5) is 24.3. The van der Waals surface area contributed by atoms with Gasteiger partial charge in [-0.1, -0.05) is 23.7 Å². The van der Waals surface area contributed by atoms with Crippen LogP contribution in [0.2, 0.25) is 5.02 Å². The van der Waals surface area contributed by atoms with Gasteiger partial charge in [-0.15, -0.1) is 0 Å². The molecule has 11 heteroatoms. The summed E-state index contributed by atoms with van der Waals surface area (Å²) in [5, 5.41) is 3.11. The third-order valence-corrected chi connectivity index (χ3v) is 7.13. The summed E-state index contributed by atoms with van der Waals surface area (Å²) in [6.07, 6.45) is 2.79. The van der Waals surface area contributed by atoms with Gasteiger partial charge < -0.3 is 19.5 Å². The average molecular weight is 525 g/mol. The Morgan fingerprint density at radius 3 is 2.46 bits per heavy atom. The minimum atomic E-state index is -4.03. The van der Waals surface area contributed by atoms with Crippen molar-refractivity contribution in [3.05, 3.63) is 59.1 Å². The first-order valence-electron chi connectivity index (χ1n) is 11.2. The van der Waals surface area contributed by atoms with E-state index in [1.807, 2.05) is 0 Å². The monoisotopic (exact) mass is 524 g/mol. The molecule has 1 aliphatic rings. The van der Waals surface area contributed by atoms with E-state index >= 15 is 0 Å². The average Bonchev–Trinajstić information content (AvgIpc) is 2.86. The molecule has 2 unspecified atom stereocenters. The molecule has 2 N–H and O–H groups in total. The Morgan fingerprint density at radius 1 is 1.11 bits per heavy atom. The molecular weight excluding hydrogens is 496 g/mol. The van der Waals surface area contributed by atoms with Crippen molar-refractivity contribution in [3.63, 3.8) is 0 Å². The highest BCUT2D eigenvalue weighted by Crippen LogP contribution is 2.17. The molecule has 0 saturated carbocycles. The molecule has 0 radical (unpaired) electrons. The Morgan fingerprint density at radius 2 is 1.83 bits per heavy atom. The number of hydrogen-bond donors (Lipinski definition) is 2. The Hall–Kier alpha value is -2.50. The summed E-state index contributed by atoms with van der Waals surface area (Å²) >= 11 is 5.86. The predicted octanol–water partition coefficient (Wildman–Crippen LogP) is 3.27. The molecule has 2 aromatic rings. The minimum absolute atomic E-state index is 0.0245. The largest absolute Gasteiger partial charge is 0.469 e. The molecule has 0 aliphatic carbocycles. The van der Waals surface area contributed by atoms with Crippen LogP contribution in [0.15, 0.2) is 53.4 Å².